The lowest BCUT2D eigenvalue weighted by molar-refractivity contribution is -0.162. The van der Waals surface area contributed by atoms with Gasteiger partial charge in [-0.3, -0.25) is 4.79 Å². The molecule has 0 spiro atoms. The Bertz CT molecular complexity index is 979. The fraction of sp³-hybridized carbons (Fsp3) is 0.476. The largest absolute Gasteiger partial charge is 0.457 e. The van der Waals surface area contributed by atoms with E-state index in [1.54, 1.807) is 16.2 Å². The van der Waals surface area contributed by atoms with Gasteiger partial charge in [0.2, 0.25) is 5.91 Å². The Hall–Kier alpha value is -0.860. The summed E-state index contributed by atoms with van der Waals surface area (Å²) in [4.78, 5) is 33.2. The molecule has 1 saturated heterocycles. The Morgan fingerprint density at radius 3 is 3.06 bits per heavy atom. The Balaban J connectivity index is 1.62. The van der Waals surface area contributed by atoms with Crippen molar-refractivity contribution in [2.75, 3.05) is 19.7 Å². The minimum atomic E-state index is -0.497. The second-order valence-electron chi connectivity index (χ2n) is 7.76. The van der Waals surface area contributed by atoms with Crippen molar-refractivity contribution in [3.8, 4) is 0 Å². The summed E-state index contributed by atoms with van der Waals surface area (Å²) in [6.07, 6.45) is 4.39. The molecule has 0 aromatic carbocycles. The maximum atomic E-state index is 13.0. The lowest BCUT2D eigenvalue weighted by Gasteiger charge is -2.47. The van der Waals surface area contributed by atoms with Gasteiger partial charge in [-0.2, -0.15) is 0 Å². The van der Waals surface area contributed by atoms with Crippen LogP contribution in [0.15, 0.2) is 39.1 Å². The molecule has 11 heteroatoms. The second kappa shape index (κ2) is 10.6. The van der Waals surface area contributed by atoms with Crippen LogP contribution in [0.25, 0.3) is 5.57 Å². The number of carbonyl (C=O) groups excluding carboxylic acids is 2. The highest BCUT2D eigenvalue weighted by Crippen LogP contribution is 2.53. The molecule has 4 heterocycles. The van der Waals surface area contributed by atoms with Gasteiger partial charge in [0, 0.05) is 44.0 Å². The number of thioether (sulfide) groups is 1. The van der Waals surface area contributed by atoms with Crippen molar-refractivity contribution < 1.29 is 18.5 Å². The highest BCUT2D eigenvalue weighted by Gasteiger charge is 2.61. The number of nitrogens with zero attached hydrogens (tertiary/aromatic N) is 2. The Morgan fingerprint density at radius 2 is 2.38 bits per heavy atom. The number of rotatable bonds is 9. The van der Waals surface area contributed by atoms with Gasteiger partial charge in [-0.25, -0.2) is 9.78 Å². The molecule has 1 aromatic heterocycles. The molecule has 3 aliphatic rings. The number of ether oxygens (including phenoxy) is 1. The fourth-order valence-electron chi connectivity index (χ4n) is 4.36. The smallest absolute Gasteiger partial charge is 0.356 e. The van der Waals surface area contributed by atoms with Crippen LogP contribution in [-0.2, 0) is 18.5 Å². The van der Waals surface area contributed by atoms with Gasteiger partial charge >= 0.3 is 5.97 Å². The summed E-state index contributed by atoms with van der Waals surface area (Å²) in [5.41, 5.74) is 2.56. The molecule has 1 N–H and O–H groups in total. The van der Waals surface area contributed by atoms with Crippen LogP contribution in [-0.4, -0.2) is 53.6 Å². The van der Waals surface area contributed by atoms with E-state index in [4.69, 9.17) is 13.9 Å². The maximum absolute atomic E-state index is 13.0. The van der Waals surface area contributed by atoms with Crippen LogP contribution in [0.3, 0.4) is 0 Å². The molecule has 3 aliphatic heterocycles. The average Bonchev–Trinajstić information content (AvgIpc) is 3.35. The molecule has 1 unspecified atom stereocenters. The van der Waals surface area contributed by atoms with Gasteiger partial charge < -0.3 is 19.1 Å². The summed E-state index contributed by atoms with van der Waals surface area (Å²) >= 11 is 5.08. The summed E-state index contributed by atoms with van der Waals surface area (Å²) in [5.74, 6) is -0.909. The minimum Gasteiger partial charge on any atom is -0.457 e. The monoisotopic (exact) mass is 605 g/mol. The van der Waals surface area contributed by atoms with E-state index in [0.29, 0.717) is 5.70 Å². The number of amides is 1. The lowest BCUT2D eigenvalue weighted by Crippen LogP contribution is -2.63. The predicted octanol–water partition coefficient (Wildman–Crippen LogP) is 4.43. The van der Waals surface area contributed by atoms with E-state index in [-0.39, 0.29) is 36.5 Å². The van der Waals surface area contributed by atoms with Gasteiger partial charge in [-0.1, -0.05) is 37.4 Å². The highest BCUT2D eigenvalue weighted by molar-refractivity contribution is 14.2. The molecule has 1 aromatic rings. The van der Waals surface area contributed by atoms with E-state index in [0.717, 1.165) is 34.4 Å². The first-order valence-electron chi connectivity index (χ1n) is 10.3. The number of hydrogen-bond donors (Lipinski definition) is 1. The number of aromatic nitrogens is 1. The summed E-state index contributed by atoms with van der Waals surface area (Å²) in [6.45, 7) is 9.47. The molecule has 1 fully saturated rings. The van der Waals surface area contributed by atoms with Crippen LogP contribution in [0.1, 0.15) is 26.0 Å². The molecule has 32 heavy (non-hydrogen) atoms. The van der Waals surface area contributed by atoms with E-state index in [9.17, 15) is 9.59 Å². The molecular formula is C21H24IN3O4S3. The molecule has 7 nitrogen and oxygen atoms in total. The number of thiazole rings is 1. The molecule has 0 radical (unpaired) electrons. The number of fused-ring (bicyclic) bond motifs is 1. The van der Waals surface area contributed by atoms with Gasteiger partial charge in [-0.15, -0.1) is 11.3 Å². The number of nitrogens with one attached hydrogen (secondary N) is 1. The van der Waals surface area contributed by atoms with Crippen molar-refractivity contribution in [1.82, 2.24) is 15.2 Å². The zero-order valence-electron chi connectivity index (χ0n) is 17.7. The number of esters is 1. The van der Waals surface area contributed by atoms with Gasteiger partial charge in [0.15, 0.2) is 4.34 Å². The van der Waals surface area contributed by atoms with E-state index < -0.39 is 5.97 Å². The number of β-lactam (4-membered cyclic amide) rings is 1. The molecule has 0 bridgehead atoms. The van der Waals surface area contributed by atoms with Crippen LogP contribution in [0.5, 0.6) is 0 Å². The third kappa shape index (κ3) is 4.56. The van der Waals surface area contributed by atoms with E-state index in [1.807, 2.05) is 6.92 Å². The molecule has 0 aliphatic carbocycles. The molecule has 1 amide bonds. The Morgan fingerprint density at radius 1 is 1.56 bits per heavy atom. The first kappa shape index (κ1) is 24.3. The van der Waals surface area contributed by atoms with E-state index in [1.165, 1.54) is 32.6 Å². The van der Waals surface area contributed by atoms with Gasteiger partial charge in [-0.05, 0) is 25.5 Å². The summed E-state index contributed by atoms with van der Waals surface area (Å²) in [6, 6.07) is -0.124. The van der Waals surface area contributed by atoms with Gasteiger partial charge in [0.05, 0.1) is 33.0 Å². The summed E-state index contributed by atoms with van der Waals surface area (Å²) < 4.78 is 11.8. The van der Waals surface area contributed by atoms with Crippen molar-refractivity contribution in [2.45, 2.75) is 36.8 Å². The van der Waals surface area contributed by atoms with Crippen LogP contribution in [0, 0.1) is 11.8 Å². The zero-order valence-corrected chi connectivity index (χ0v) is 22.3. The first-order valence-corrected chi connectivity index (χ1v) is 15.3. The topological polar surface area (TPSA) is 80.8 Å². The molecule has 4 atom stereocenters. The van der Waals surface area contributed by atoms with Crippen molar-refractivity contribution in [1.29, 1.82) is 0 Å². The molecule has 172 valence electrons. The minimum absolute atomic E-state index is 0.0234. The molecular weight excluding hydrogens is 581 g/mol. The second-order valence-corrected chi connectivity index (χ2v) is 11.3. The van der Waals surface area contributed by atoms with Crippen LogP contribution in [0.4, 0.5) is 0 Å². The van der Waals surface area contributed by atoms with Gasteiger partial charge in [0.1, 0.15) is 12.3 Å². The molecule has 0 saturated carbocycles. The van der Waals surface area contributed by atoms with Crippen LogP contribution < -0.4 is 5.32 Å². The first-order chi connectivity index (χ1) is 15.5. The quantitative estimate of drug-likeness (QED) is 0.146. The van der Waals surface area contributed by atoms with E-state index >= 15 is 0 Å². The van der Waals surface area contributed by atoms with Crippen molar-refractivity contribution >= 4 is 71.0 Å². The molecule has 4 rings (SSSR count). The van der Waals surface area contributed by atoms with Crippen molar-refractivity contribution in [3.05, 3.63) is 40.4 Å². The van der Waals surface area contributed by atoms with Crippen molar-refractivity contribution in [3.63, 3.8) is 0 Å². The van der Waals surface area contributed by atoms with Gasteiger partial charge in [0.25, 0.3) is 0 Å². The third-order valence-electron chi connectivity index (χ3n) is 5.88. The number of halogens is 1. The fourth-order valence-corrected chi connectivity index (χ4v) is 7.68. The van der Waals surface area contributed by atoms with Crippen LogP contribution >= 0.6 is 53.5 Å². The number of hydrogen-bond acceptors (Lipinski definition) is 9. The lowest BCUT2D eigenvalue weighted by atomic mass is 9.79. The highest BCUT2D eigenvalue weighted by atomic mass is 127. The average molecular weight is 606 g/mol. The SMILES string of the molecule is C=CCOC(=O)C1=C(Sc2nc(C3=CCNCC3)cs2)[C@H](C)C2[C@@H]([C@@H](C)OSI)C(=O)N12. The predicted molar refractivity (Wildman–Crippen MR) is 137 cm³/mol. The Labute approximate surface area is 212 Å². The zero-order chi connectivity index (χ0) is 22.8. The number of carbonyl (C=O) groups is 2. The third-order valence-corrected chi connectivity index (χ3v) is 9.10. The van der Waals surface area contributed by atoms with Crippen LogP contribution in [0.2, 0.25) is 0 Å². The van der Waals surface area contributed by atoms with E-state index in [2.05, 4.69) is 51.5 Å². The maximum Gasteiger partial charge on any atom is 0.356 e. The summed E-state index contributed by atoms with van der Waals surface area (Å²) in [5, 5.41) is 5.37. The summed E-state index contributed by atoms with van der Waals surface area (Å²) in [7, 11) is 1.22. The van der Waals surface area contributed by atoms with Crippen molar-refractivity contribution in [2.24, 2.45) is 11.8 Å². The Kier molecular flexibility index (Phi) is 8.04. The normalized spacial score (nSPS) is 25.8. The standard InChI is InChI=1S/C21H24IN3O4S3/c1-4-9-28-20(27)17-18(11(2)16-15(12(3)29-32-22)19(26)25(16)17)31-21-24-14(10-30-21)13-5-7-23-8-6-13/h4-5,10-12,15-16,23H,1,6-9H2,2-3H3/t11-,12-,15-,16?/m1/s1.